The molecule has 0 unspecified atom stereocenters. The Morgan fingerprint density at radius 2 is 1.58 bits per heavy atom. The number of carbonyl (C=O) groups excluding carboxylic acids is 3. The minimum atomic E-state index is -0.533. The number of fused-ring (bicyclic) bond motifs is 1. The highest BCUT2D eigenvalue weighted by molar-refractivity contribution is 6.07. The number of aryl methyl sites for hydroxylation is 2. The zero-order valence-corrected chi connectivity index (χ0v) is 14.2. The van der Waals surface area contributed by atoms with Crippen LogP contribution in [0.1, 0.15) is 42.4 Å². The van der Waals surface area contributed by atoms with E-state index in [2.05, 4.69) is 6.07 Å². The Balaban J connectivity index is 1.58. The third-order valence-corrected chi connectivity index (χ3v) is 4.90. The lowest BCUT2D eigenvalue weighted by Crippen LogP contribution is -2.36. The van der Waals surface area contributed by atoms with Gasteiger partial charge in [0.25, 0.3) is 0 Å². The van der Waals surface area contributed by atoms with Crippen molar-refractivity contribution < 1.29 is 19.1 Å². The van der Waals surface area contributed by atoms with Gasteiger partial charge in [-0.1, -0.05) is 42.2 Å². The van der Waals surface area contributed by atoms with E-state index in [1.165, 1.54) is 0 Å². The van der Waals surface area contributed by atoms with Gasteiger partial charge in [0.05, 0.1) is 11.8 Å². The lowest BCUT2D eigenvalue weighted by Gasteiger charge is -2.19. The number of nitrogens with zero attached hydrogens (tertiary/aromatic N) is 1. The number of amides is 2. The standard InChI is InChI=1S/C19H23NO4/c1-12-7-13(2)9-14(8-12)11-24-17(21)10-20-18(22)15-5-3-4-6-16(15)19(20)23/h7-9,15-16H,3-6,10-11H2,1-2H3/t15-,16-/m0/s1. The molecule has 1 aromatic rings. The Morgan fingerprint density at radius 3 is 2.12 bits per heavy atom. The summed E-state index contributed by atoms with van der Waals surface area (Å²) in [6.45, 7) is 3.86. The highest BCUT2D eigenvalue weighted by Gasteiger charge is 2.48. The molecule has 1 saturated carbocycles. The molecule has 5 nitrogen and oxygen atoms in total. The van der Waals surface area contributed by atoms with Gasteiger partial charge in [0.15, 0.2) is 0 Å². The summed E-state index contributed by atoms with van der Waals surface area (Å²) in [5.74, 6) is -1.38. The first kappa shape index (κ1) is 16.7. The molecule has 128 valence electrons. The van der Waals surface area contributed by atoms with Crippen LogP contribution in [0.2, 0.25) is 0 Å². The van der Waals surface area contributed by atoms with Gasteiger partial charge >= 0.3 is 5.97 Å². The van der Waals surface area contributed by atoms with Gasteiger partial charge in [-0.25, -0.2) is 0 Å². The summed E-state index contributed by atoms with van der Waals surface area (Å²) in [6, 6.07) is 5.97. The first-order chi connectivity index (χ1) is 11.5. The summed E-state index contributed by atoms with van der Waals surface area (Å²) >= 11 is 0. The van der Waals surface area contributed by atoms with Crippen LogP contribution in [0.25, 0.3) is 0 Å². The lowest BCUT2D eigenvalue weighted by molar-refractivity contribution is -0.153. The van der Waals surface area contributed by atoms with Crippen LogP contribution in [0, 0.1) is 25.7 Å². The summed E-state index contributed by atoms with van der Waals surface area (Å²) in [5, 5.41) is 0. The van der Waals surface area contributed by atoms with Crippen LogP contribution in [0.3, 0.4) is 0 Å². The molecule has 24 heavy (non-hydrogen) atoms. The van der Waals surface area contributed by atoms with E-state index in [1.54, 1.807) is 0 Å². The average molecular weight is 329 g/mol. The third-order valence-electron chi connectivity index (χ3n) is 4.90. The summed E-state index contributed by atoms with van der Waals surface area (Å²) in [4.78, 5) is 37.9. The van der Waals surface area contributed by atoms with Crippen molar-refractivity contribution in [1.29, 1.82) is 0 Å². The minimum Gasteiger partial charge on any atom is -0.459 e. The molecule has 2 atom stereocenters. The van der Waals surface area contributed by atoms with Crippen LogP contribution in [0.4, 0.5) is 0 Å². The SMILES string of the molecule is Cc1cc(C)cc(COC(=O)CN2C(=O)[C@H]3CCCC[C@@H]3C2=O)c1. The van der Waals surface area contributed by atoms with E-state index in [1.807, 2.05) is 26.0 Å². The summed E-state index contributed by atoms with van der Waals surface area (Å²) < 4.78 is 5.27. The predicted octanol–water partition coefficient (Wildman–Crippen LogP) is 2.52. The zero-order chi connectivity index (χ0) is 17.3. The van der Waals surface area contributed by atoms with Crippen LogP contribution in [0.15, 0.2) is 18.2 Å². The first-order valence-corrected chi connectivity index (χ1v) is 8.53. The fraction of sp³-hybridized carbons (Fsp3) is 0.526. The largest absolute Gasteiger partial charge is 0.459 e. The van der Waals surface area contributed by atoms with Gasteiger partial charge in [-0.05, 0) is 32.3 Å². The molecular weight excluding hydrogens is 306 g/mol. The normalized spacial score (nSPS) is 23.3. The molecule has 0 spiro atoms. The van der Waals surface area contributed by atoms with E-state index in [9.17, 15) is 14.4 Å². The number of ether oxygens (including phenoxy) is 1. The van der Waals surface area contributed by atoms with Crippen LogP contribution >= 0.6 is 0 Å². The molecule has 1 aliphatic carbocycles. The predicted molar refractivity (Wildman–Crippen MR) is 87.9 cm³/mol. The van der Waals surface area contributed by atoms with Crippen LogP contribution < -0.4 is 0 Å². The molecule has 5 heteroatoms. The maximum Gasteiger partial charge on any atom is 0.326 e. The monoisotopic (exact) mass is 329 g/mol. The van der Waals surface area contributed by atoms with E-state index in [4.69, 9.17) is 4.74 Å². The van der Waals surface area contributed by atoms with Gasteiger partial charge in [0, 0.05) is 0 Å². The molecule has 1 heterocycles. The average Bonchev–Trinajstić information content (AvgIpc) is 2.78. The lowest BCUT2D eigenvalue weighted by atomic mass is 9.81. The Kier molecular flexibility index (Phi) is 4.69. The number of carbonyl (C=O) groups is 3. The molecule has 2 aliphatic rings. The number of rotatable bonds is 4. The number of hydrogen-bond acceptors (Lipinski definition) is 4. The Hall–Kier alpha value is -2.17. The highest BCUT2D eigenvalue weighted by atomic mass is 16.5. The molecule has 0 aromatic heterocycles. The Morgan fingerprint density at radius 1 is 1.04 bits per heavy atom. The molecule has 0 radical (unpaired) electrons. The molecule has 2 amide bonds. The molecule has 1 saturated heterocycles. The van der Waals surface area contributed by atoms with Gasteiger partial charge in [0.1, 0.15) is 13.2 Å². The van der Waals surface area contributed by atoms with Crippen molar-refractivity contribution in [2.75, 3.05) is 6.54 Å². The number of imide groups is 1. The van der Waals surface area contributed by atoms with E-state index >= 15 is 0 Å². The minimum absolute atomic E-state index is 0.157. The van der Waals surface area contributed by atoms with Gasteiger partial charge in [-0.2, -0.15) is 0 Å². The van der Waals surface area contributed by atoms with E-state index in [0.717, 1.165) is 47.3 Å². The maximum atomic E-state index is 12.3. The Labute approximate surface area is 142 Å². The van der Waals surface area contributed by atoms with Crippen molar-refractivity contribution >= 4 is 17.8 Å². The van der Waals surface area contributed by atoms with Crippen molar-refractivity contribution in [3.05, 3.63) is 34.9 Å². The molecule has 1 aliphatic heterocycles. The second kappa shape index (κ2) is 6.75. The smallest absolute Gasteiger partial charge is 0.326 e. The van der Waals surface area contributed by atoms with Gasteiger partial charge in [0.2, 0.25) is 11.8 Å². The van der Waals surface area contributed by atoms with Crippen molar-refractivity contribution in [1.82, 2.24) is 4.90 Å². The fourth-order valence-electron chi connectivity index (χ4n) is 3.88. The maximum absolute atomic E-state index is 12.3. The summed E-state index contributed by atoms with van der Waals surface area (Å²) in [7, 11) is 0. The molecule has 0 N–H and O–H groups in total. The van der Waals surface area contributed by atoms with Crippen molar-refractivity contribution in [3.8, 4) is 0 Å². The molecule has 0 bridgehead atoms. The van der Waals surface area contributed by atoms with Crippen LogP contribution in [0.5, 0.6) is 0 Å². The van der Waals surface area contributed by atoms with Crippen LogP contribution in [-0.4, -0.2) is 29.2 Å². The number of esters is 1. The second-order valence-electron chi connectivity index (χ2n) is 6.92. The first-order valence-electron chi connectivity index (χ1n) is 8.53. The van der Waals surface area contributed by atoms with Gasteiger partial charge in [-0.15, -0.1) is 0 Å². The summed E-state index contributed by atoms with van der Waals surface area (Å²) in [5.41, 5.74) is 3.12. The van der Waals surface area contributed by atoms with Crippen molar-refractivity contribution in [2.24, 2.45) is 11.8 Å². The summed E-state index contributed by atoms with van der Waals surface area (Å²) in [6.07, 6.45) is 3.46. The quantitative estimate of drug-likeness (QED) is 0.629. The number of hydrogen-bond donors (Lipinski definition) is 0. The van der Waals surface area contributed by atoms with Crippen molar-refractivity contribution in [3.63, 3.8) is 0 Å². The van der Waals surface area contributed by atoms with Gasteiger partial charge in [-0.3, -0.25) is 19.3 Å². The van der Waals surface area contributed by atoms with E-state index in [0.29, 0.717) is 0 Å². The molecule has 1 aromatic carbocycles. The van der Waals surface area contributed by atoms with Crippen LogP contribution in [-0.2, 0) is 25.7 Å². The second-order valence-corrected chi connectivity index (χ2v) is 6.92. The highest BCUT2D eigenvalue weighted by Crippen LogP contribution is 2.37. The molecule has 2 fully saturated rings. The van der Waals surface area contributed by atoms with Crippen molar-refractivity contribution in [2.45, 2.75) is 46.1 Å². The van der Waals surface area contributed by atoms with Gasteiger partial charge < -0.3 is 4.74 Å². The fourth-order valence-corrected chi connectivity index (χ4v) is 3.88. The molecular formula is C19H23NO4. The number of likely N-dealkylation sites (tertiary alicyclic amines) is 1. The van der Waals surface area contributed by atoms with E-state index in [-0.39, 0.29) is 36.8 Å². The zero-order valence-electron chi connectivity index (χ0n) is 14.2. The third kappa shape index (κ3) is 3.35. The van der Waals surface area contributed by atoms with E-state index < -0.39 is 5.97 Å². The number of benzene rings is 1. The Bertz CT molecular complexity index is 638. The molecule has 3 rings (SSSR count). The topological polar surface area (TPSA) is 63.7 Å².